The number of carbonyl (C=O) groups excluding carboxylic acids is 2. The molecule has 0 aliphatic heterocycles. The number of amides is 2. The van der Waals surface area contributed by atoms with Gasteiger partial charge in [-0.25, -0.2) is 12.8 Å². The quantitative estimate of drug-likeness (QED) is 0.497. The number of hydrogen-bond donors (Lipinski definition) is 1. The highest BCUT2D eigenvalue weighted by atomic mass is 79.9. The Morgan fingerprint density at radius 2 is 1.76 bits per heavy atom. The maximum Gasteiger partial charge on any atom is 0.244 e. The predicted molar refractivity (Wildman–Crippen MR) is 131 cm³/mol. The summed E-state index contributed by atoms with van der Waals surface area (Å²) in [5.74, 6) is -1.41. The first kappa shape index (κ1) is 26.8. The average molecular weight is 542 g/mol. The smallest absolute Gasteiger partial charge is 0.244 e. The summed E-state index contributed by atoms with van der Waals surface area (Å²) in [6.45, 7) is 4.99. The van der Waals surface area contributed by atoms with E-state index in [0.717, 1.165) is 39.2 Å². The van der Waals surface area contributed by atoms with E-state index in [1.54, 1.807) is 6.92 Å². The van der Waals surface area contributed by atoms with Gasteiger partial charge in [-0.15, -0.1) is 0 Å². The number of hydrogen-bond acceptors (Lipinski definition) is 4. The van der Waals surface area contributed by atoms with Gasteiger partial charge in [-0.3, -0.25) is 13.9 Å². The van der Waals surface area contributed by atoms with Gasteiger partial charge in [0.2, 0.25) is 21.8 Å². The van der Waals surface area contributed by atoms with Gasteiger partial charge in [-0.2, -0.15) is 0 Å². The van der Waals surface area contributed by atoms with Crippen LogP contribution in [-0.4, -0.2) is 50.0 Å². The van der Waals surface area contributed by atoms with Crippen molar-refractivity contribution in [1.29, 1.82) is 0 Å². The van der Waals surface area contributed by atoms with Gasteiger partial charge in [0.1, 0.15) is 18.4 Å². The first-order valence-corrected chi connectivity index (χ1v) is 13.1. The summed E-state index contributed by atoms with van der Waals surface area (Å²) in [4.78, 5) is 27.6. The fourth-order valence-corrected chi connectivity index (χ4v) is 4.40. The first-order chi connectivity index (χ1) is 15.4. The molecule has 0 heterocycles. The number of sulfonamides is 1. The molecule has 0 bridgehead atoms. The zero-order valence-electron chi connectivity index (χ0n) is 19.1. The second-order valence-corrected chi connectivity index (χ2v) is 10.7. The van der Waals surface area contributed by atoms with Crippen LogP contribution in [0.25, 0.3) is 0 Å². The van der Waals surface area contributed by atoms with Gasteiger partial charge in [0.25, 0.3) is 0 Å². The van der Waals surface area contributed by atoms with Crippen LogP contribution in [0, 0.1) is 5.82 Å². The summed E-state index contributed by atoms with van der Waals surface area (Å²) in [6, 6.07) is 11.2. The number of nitrogens with zero attached hydrogens (tertiary/aromatic N) is 2. The molecule has 10 heteroatoms. The fourth-order valence-electron chi connectivity index (χ4n) is 3.10. The molecule has 1 N–H and O–H groups in total. The van der Waals surface area contributed by atoms with Crippen LogP contribution in [0.1, 0.15) is 32.8 Å². The van der Waals surface area contributed by atoms with Gasteiger partial charge >= 0.3 is 0 Å². The minimum absolute atomic E-state index is 0.0745. The molecule has 33 heavy (non-hydrogen) atoms. The highest BCUT2D eigenvalue weighted by molar-refractivity contribution is 9.10. The molecule has 2 rings (SSSR count). The van der Waals surface area contributed by atoms with E-state index in [0.29, 0.717) is 0 Å². The summed E-state index contributed by atoms with van der Waals surface area (Å²) in [5, 5.41) is 2.87. The van der Waals surface area contributed by atoms with E-state index >= 15 is 0 Å². The van der Waals surface area contributed by atoms with Gasteiger partial charge < -0.3 is 10.2 Å². The normalized spacial score (nSPS) is 13.2. The number of benzene rings is 2. The molecule has 0 saturated heterocycles. The zero-order chi connectivity index (χ0) is 24.8. The Morgan fingerprint density at radius 1 is 1.12 bits per heavy atom. The van der Waals surface area contributed by atoms with Gasteiger partial charge in [0.05, 0.1) is 11.9 Å². The monoisotopic (exact) mass is 541 g/mol. The molecule has 0 aliphatic carbocycles. The van der Waals surface area contributed by atoms with Crippen molar-refractivity contribution in [2.45, 2.75) is 45.8 Å². The fraction of sp³-hybridized carbons (Fsp3) is 0.391. The van der Waals surface area contributed by atoms with E-state index in [1.807, 2.05) is 38.1 Å². The molecule has 2 atom stereocenters. The largest absolute Gasteiger partial charge is 0.352 e. The molecule has 0 fully saturated rings. The number of halogens is 2. The molecule has 0 aliphatic rings. The average Bonchev–Trinajstić information content (AvgIpc) is 2.75. The Hall–Kier alpha value is -2.46. The van der Waals surface area contributed by atoms with E-state index < -0.39 is 34.3 Å². The van der Waals surface area contributed by atoms with Crippen LogP contribution < -0.4 is 9.62 Å². The molecular formula is C23H29BrFN3O4S. The van der Waals surface area contributed by atoms with Crippen molar-refractivity contribution in [1.82, 2.24) is 10.2 Å². The Labute approximate surface area is 203 Å². The molecule has 180 valence electrons. The maximum absolute atomic E-state index is 13.4. The van der Waals surface area contributed by atoms with Crippen LogP contribution in [0.5, 0.6) is 0 Å². The summed E-state index contributed by atoms with van der Waals surface area (Å²) >= 11 is 3.40. The lowest BCUT2D eigenvalue weighted by atomic mass is 10.1. The lowest BCUT2D eigenvalue weighted by molar-refractivity contribution is -0.139. The number of nitrogens with one attached hydrogen (secondary N) is 1. The molecule has 2 aromatic rings. The molecule has 7 nitrogen and oxygen atoms in total. The summed E-state index contributed by atoms with van der Waals surface area (Å²) in [5.41, 5.74) is 0.931. The minimum atomic E-state index is -3.85. The van der Waals surface area contributed by atoms with Gasteiger partial charge in [-0.1, -0.05) is 35.0 Å². The Morgan fingerprint density at radius 3 is 2.30 bits per heavy atom. The van der Waals surface area contributed by atoms with Crippen molar-refractivity contribution in [2.24, 2.45) is 0 Å². The Bertz CT molecular complexity index is 1080. The van der Waals surface area contributed by atoms with Crippen LogP contribution in [-0.2, 0) is 26.2 Å². The van der Waals surface area contributed by atoms with E-state index in [1.165, 1.54) is 17.0 Å². The molecule has 0 saturated carbocycles. The maximum atomic E-state index is 13.4. The molecule has 0 aromatic heterocycles. The number of rotatable bonds is 10. The van der Waals surface area contributed by atoms with Crippen molar-refractivity contribution in [3.05, 3.63) is 64.4 Å². The third kappa shape index (κ3) is 7.82. The standard InChI is InChI=1S/C23H29BrFN3O4S/c1-5-16(2)26-23(30)17(3)27(14-18-7-6-8-19(24)13-18)22(29)15-28(33(4,31)32)21-11-9-20(25)10-12-21/h6-13,16-17H,5,14-15H2,1-4H3,(H,26,30)/t16-,17-/m1/s1. The highest BCUT2D eigenvalue weighted by Crippen LogP contribution is 2.20. The molecule has 2 amide bonds. The van der Waals surface area contributed by atoms with Crippen molar-refractivity contribution >= 4 is 43.5 Å². The zero-order valence-corrected chi connectivity index (χ0v) is 21.5. The van der Waals surface area contributed by atoms with E-state index in [2.05, 4.69) is 21.2 Å². The van der Waals surface area contributed by atoms with Crippen LogP contribution in [0.3, 0.4) is 0 Å². The number of carbonyl (C=O) groups is 2. The van der Waals surface area contributed by atoms with Gasteiger partial charge in [0, 0.05) is 17.1 Å². The molecule has 0 unspecified atom stereocenters. The van der Waals surface area contributed by atoms with Crippen molar-refractivity contribution in [3.8, 4) is 0 Å². The summed E-state index contributed by atoms with van der Waals surface area (Å²) in [7, 11) is -3.85. The van der Waals surface area contributed by atoms with Crippen molar-refractivity contribution in [3.63, 3.8) is 0 Å². The van der Waals surface area contributed by atoms with E-state index in [4.69, 9.17) is 0 Å². The third-order valence-electron chi connectivity index (χ3n) is 5.20. The second kappa shape index (κ2) is 11.6. The molecule has 2 aromatic carbocycles. The lowest BCUT2D eigenvalue weighted by Crippen LogP contribution is -2.52. The van der Waals surface area contributed by atoms with Gasteiger partial charge in [-0.05, 0) is 62.2 Å². The Balaban J connectivity index is 2.37. The highest BCUT2D eigenvalue weighted by Gasteiger charge is 2.30. The topological polar surface area (TPSA) is 86.8 Å². The molecule has 0 radical (unpaired) electrons. The number of anilines is 1. The van der Waals surface area contributed by atoms with Crippen LogP contribution in [0.15, 0.2) is 53.0 Å². The molecular weight excluding hydrogens is 513 g/mol. The lowest BCUT2D eigenvalue weighted by Gasteiger charge is -2.32. The van der Waals surface area contributed by atoms with Crippen LogP contribution in [0.4, 0.5) is 10.1 Å². The van der Waals surface area contributed by atoms with Gasteiger partial charge in [0.15, 0.2) is 0 Å². The van der Waals surface area contributed by atoms with Crippen LogP contribution >= 0.6 is 15.9 Å². The minimum Gasteiger partial charge on any atom is -0.352 e. The van der Waals surface area contributed by atoms with Crippen molar-refractivity contribution in [2.75, 3.05) is 17.1 Å². The Kier molecular flexibility index (Phi) is 9.42. The predicted octanol–water partition coefficient (Wildman–Crippen LogP) is 3.69. The second-order valence-electron chi connectivity index (χ2n) is 7.89. The molecule has 0 spiro atoms. The SMILES string of the molecule is CC[C@@H](C)NC(=O)[C@@H](C)N(Cc1cccc(Br)c1)C(=O)CN(c1ccc(F)cc1)S(C)(=O)=O. The first-order valence-electron chi connectivity index (χ1n) is 10.5. The summed E-state index contributed by atoms with van der Waals surface area (Å²) < 4.78 is 40.0. The van der Waals surface area contributed by atoms with Crippen molar-refractivity contribution < 1.29 is 22.4 Å². The third-order valence-corrected chi connectivity index (χ3v) is 6.84. The van der Waals surface area contributed by atoms with E-state index in [-0.39, 0.29) is 24.2 Å². The van der Waals surface area contributed by atoms with Crippen LogP contribution in [0.2, 0.25) is 0 Å². The summed E-state index contributed by atoms with van der Waals surface area (Å²) in [6.07, 6.45) is 1.70. The van der Waals surface area contributed by atoms with E-state index in [9.17, 15) is 22.4 Å².